The van der Waals surface area contributed by atoms with Gasteiger partial charge in [-0.15, -0.1) is 0 Å². The van der Waals surface area contributed by atoms with E-state index in [1.165, 1.54) is 12.8 Å². The van der Waals surface area contributed by atoms with Crippen LogP contribution in [0.5, 0.6) is 0 Å². The second-order valence-corrected chi connectivity index (χ2v) is 9.30. The number of hydrogen-bond acceptors (Lipinski definition) is 7. The van der Waals surface area contributed by atoms with Gasteiger partial charge >= 0.3 is 0 Å². The van der Waals surface area contributed by atoms with Gasteiger partial charge in [0.1, 0.15) is 18.3 Å². The summed E-state index contributed by atoms with van der Waals surface area (Å²) in [5, 5.41) is 0. The Morgan fingerprint density at radius 3 is 2.62 bits per heavy atom. The van der Waals surface area contributed by atoms with Gasteiger partial charge in [-0.05, 0) is 39.5 Å². The maximum atomic E-state index is 14.5. The molecule has 0 spiro atoms. The van der Waals surface area contributed by atoms with Crippen LogP contribution in [0.2, 0.25) is 0 Å². The molecule has 2 aliphatic heterocycles. The fraction of sp³-hybridized carbons (Fsp3) is 0.810. The van der Waals surface area contributed by atoms with E-state index in [0.717, 1.165) is 43.7 Å². The Labute approximate surface area is 172 Å². The quantitative estimate of drug-likeness (QED) is 0.776. The molecule has 2 saturated carbocycles. The smallest absolute Gasteiger partial charge is 0.132 e. The minimum atomic E-state index is -0.921. The van der Waals surface area contributed by atoms with Gasteiger partial charge in [0.15, 0.2) is 0 Å². The molecule has 29 heavy (non-hydrogen) atoms. The van der Waals surface area contributed by atoms with E-state index in [1.54, 1.807) is 6.33 Å². The summed E-state index contributed by atoms with van der Waals surface area (Å²) in [5.41, 5.74) is 7.68. The largest absolute Gasteiger partial charge is 0.373 e. The van der Waals surface area contributed by atoms with E-state index >= 15 is 0 Å². The Hall–Kier alpha value is -1.35. The third-order valence-corrected chi connectivity index (χ3v) is 6.90. The molecular formula is C21H33FN6O. The topological polar surface area (TPSA) is 65.6 Å². The highest BCUT2D eigenvalue weighted by Gasteiger charge is 2.46. The van der Waals surface area contributed by atoms with Gasteiger partial charge < -0.3 is 9.64 Å². The number of fused-ring (bicyclic) bond motifs is 1. The molecule has 4 fully saturated rings. The summed E-state index contributed by atoms with van der Waals surface area (Å²) in [6, 6.07) is 3.12. The van der Waals surface area contributed by atoms with Gasteiger partial charge in [-0.3, -0.25) is 10.3 Å². The van der Waals surface area contributed by atoms with Crippen molar-refractivity contribution in [2.24, 2.45) is 5.92 Å². The van der Waals surface area contributed by atoms with Crippen LogP contribution in [0.4, 0.5) is 10.2 Å². The van der Waals surface area contributed by atoms with Crippen molar-refractivity contribution < 1.29 is 9.13 Å². The number of rotatable bonds is 5. The lowest BCUT2D eigenvalue weighted by molar-refractivity contribution is -0.0708. The van der Waals surface area contributed by atoms with Crippen molar-refractivity contribution in [2.75, 3.05) is 31.1 Å². The monoisotopic (exact) mass is 404 g/mol. The Morgan fingerprint density at radius 2 is 1.90 bits per heavy atom. The molecular weight excluding hydrogens is 371 g/mol. The summed E-state index contributed by atoms with van der Waals surface area (Å²) in [6.45, 7) is 8.21. The zero-order valence-corrected chi connectivity index (χ0v) is 17.4. The minimum absolute atomic E-state index is 0.0375. The molecule has 2 saturated heterocycles. The van der Waals surface area contributed by atoms with Crippen molar-refractivity contribution in [3.05, 3.63) is 18.1 Å². The highest BCUT2D eigenvalue weighted by Crippen LogP contribution is 2.40. The van der Waals surface area contributed by atoms with E-state index in [1.807, 2.05) is 13.8 Å². The van der Waals surface area contributed by atoms with E-state index in [-0.39, 0.29) is 30.2 Å². The first kappa shape index (κ1) is 19.6. The third kappa shape index (κ3) is 4.13. The summed E-state index contributed by atoms with van der Waals surface area (Å²) >= 11 is 0. The fourth-order valence-electron chi connectivity index (χ4n) is 5.23. The van der Waals surface area contributed by atoms with Crippen LogP contribution in [0, 0.1) is 5.92 Å². The second kappa shape index (κ2) is 8.06. The average molecular weight is 405 g/mol. The van der Waals surface area contributed by atoms with Crippen molar-refractivity contribution in [2.45, 2.75) is 76.0 Å². The van der Waals surface area contributed by atoms with E-state index in [2.05, 4.69) is 36.7 Å². The van der Waals surface area contributed by atoms with Crippen molar-refractivity contribution in [1.82, 2.24) is 25.7 Å². The summed E-state index contributed by atoms with van der Waals surface area (Å²) in [4.78, 5) is 14.1. The van der Waals surface area contributed by atoms with Crippen LogP contribution < -0.4 is 15.8 Å². The first-order valence-electron chi connectivity index (χ1n) is 11.2. The predicted octanol–water partition coefficient (Wildman–Crippen LogP) is 1.82. The number of ether oxygens (including phenoxy) is 1. The SMILES string of the molecule is CC(C)OC1CC2C(CC1F)NNC2c1cc(N2CCN(C3CC3)CC2)ncn1. The lowest BCUT2D eigenvalue weighted by Crippen LogP contribution is -2.47. The van der Waals surface area contributed by atoms with Crippen LogP contribution in [0.15, 0.2) is 12.4 Å². The third-order valence-electron chi connectivity index (χ3n) is 6.90. The molecule has 2 aliphatic carbocycles. The summed E-state index contributed by atoms with van der Waals surface area (Å²) in [5.74, 6) is 1.27. The van der Waals surface area contributed by atoms with E-state index in [4.69, 9.17) is 4.74 Å². The van der Waals surface area contributed by atoms with Crippen LogP contribution in [0.3, 0.4) is 0 Å². The van der Waals surface area contributed by atoms with Crippen LogP contribution in [0.25, 0.3) is 0 Å². The van der Waals surface area contributed by atoms with Crippen LogP contribution in [-0.4, -0.2) is 71.5 Å². The van der Waals surface area contributed by atoms with Crippen molar-refractivity contribution in [3.63, 3.8) is 0 Å². The summed E-state index contributed by atoms with van der Waals surface area (Å²) < 4.78 is 20.4. The molecule has 160 valence electrons. The van der Waals surface area contributed by atoms with Gasteiger partial charge in [-0.1, -0.05) is 0 Å². The lowest BCUT2D eigenvalue weighted by Gasteiger charge is -2.37. The van der Waals surface area contributed by atoms with Crippen molar-refractivity contribution in [1.29, 1.82) is 0 Å². The molecule has 0 aromatic carbocycles. The van der Waals surface area contributed by atoms with Crippen molar-refractivity contribution >= 4 is 5.82 Å². The zero-order valence-electron chi connectivity index (χ0n) is 17.4. The van der Waals surface area contributed by atoms with E-state index in [9.17, 15) is 4.39 Å². The molecule has 1 aromatic heterocycles. The maximum Gasteiger partial charge on any atom is 0.132 e. The standard InChI is InChI=1S/C21H33FN6O/c1-13(2)29-19-9-15-17(10-16(19)22)25-26-21(15)18-11-20(24-12-23-18)28-7-5-27(6-8-28)14-3-4-14/h11-17,19,21,25-26H,3-10H2,1-2H3. The highest BCUT2D eigenvalue weighted by atomic mass is 19.1. The Bertz CT molecular complexity index is 708. The number of hydrogen-bond donors (Lipinski definition) is 2. The zero-order chi connectivity index (χ0) is 20.0. The number of anilines is 1. The van der Waals surface area contributed by atoms with Gasteiger partial charge in [0.2, 0.25) is 0 Å². The van der Waals surface area contributed by atoms with Crippen LogP contribution >= 0.6 is 0 Å². The van der Waals surface area contributed by atoms with Crippen LogP contribution in [-0.2, 0) is 4.74 Å². The van der Waals surface area contributed by atoms with E-state index in [0.29, 0.717) is 12.8 Å². The molecule has 2 N–H and O–H groups in total. The fourth-order valence-corrected chi connectivity index (χ4v) is 5.23. The Kier molecular flexibility index (Phi) is 5.45. The van der Waals surface area contributed by atoms with Crippen LogP contribution in [0.1, 0.15) is 51.3 Å². The van der Waals surface area contributed by atoms with Gasteiger partial charge in [0, 0.05) is 50.2 Å². The second-order valence-electron chi connectivity index (χ2n) is 9.30. The van der Waals surface area contributed by atoms with Gasteiger partial charge in [-0.25, -0.2) is 19.8 Å². The molecule has 5 rings (SSSR count). The average Bonchev–Trinajstić information content (AvgIpc) is 3.49. The number of alkyl halides is 1. The molecule has 7 nitrogen and oxygen atoms in total. The molecule has 3 heterocycles. The molecule has 0 amide bonds. The minimum Gasteiger partial charge on any atom is -0.373 e. The normalized spacial score (nSPS) is 35.9. The summed E-state index contributed by atoms with van der Waals surface area (Å²) in [7, 11) is 0. The van der Waals surface area contributed by atoms with Gasteiger partial charge in [-0.2, -0.15) is 0 Å². The molecule has 0 radical (unpaired) electrons. The molecule has 1 aromatic rings. The number of hydrazine groups is 1. The highest BCUT2D eigenvalue weighted by molar-refractivity contribution is 5.40. The lowest BCUT2D eigenvalue weighted by atomic mass is 9.78. The molecule has 5 atom stereocenters. The number of halogens is 1. The molecule has 5 unspecified atom stereocenters. The number of aromatic nitrogens is 2. The van der Waals surface area contributed by atoms with Crippen molar-refractivity contribution in [3.8, 4) is 0 Å². The molecule has 8 heteroatoms. The number of nitrogens with zero attached hydrogens (tertiary/aromatic N) is 4. The predicted molar refractivity (Wildman–Crippen MR) is 109 cm³/mol. The maximum absolute atomic E-state index is 14.5. The van der Waals surface area contributed by atoms with E-state index < -0.39 is 6.17 Å². The number of nitrogens with one attached hydrogen (secondary N) is 2. The van der Waals surface area contributed by atoms with Gasteiger partial charge in [0.05, 0.1) is 23.9 Å². The number of piperazine rings is 1. The first-order valence-corrected chi connectivity index (χ1v) is 11.2. The molecule has 4 aliphatic rings. The first-order chi connectivity index (χ1) is 14.1. The molecule has 0 bridgehead atoms. The van der Waals surface area contributed by atoms with Gasteiger partial charge in [0.25, 0.3) is 0 Å². The summed E-state index contributed by atoms with van der Waals surface area (Å²) in [6.07, 6.45) is 4.36. The Morgan fingerprint density at radius 1 is 1.10 bits per heavy atom. The Balaban J connectivity index is 1.28.